The van der Waals surface area contributed by atoms with Gasteiger partial charge in [0.05, 0.1) is 17.7 Å². The number of anilines is 1. The molecule has 0 atom stereocenters. The number of hydrogen-bond donors (Lipinski definition) is 1. The van der Waals surface area contributed by atoms with Crippen LogP contribution in [0.15, 0.2) is 47.4 Å². The van der Waals surface area contributed by atoms with E-state index in [0.29, 0.717) is 18.7 Å². The van der Waals surface area contributed by atoms with Crippen LogP contribution in [0.2, 0.25) is 0 Å². The molecular formula is C20H26FN3O3S. The number of para-hydroxylation sites is 2. The summed E-state index contributed by atoms with van der Waals surface area (Å²) >= 11 is 0. The molecule has 0 bridgehead atoms. The monoisotopic (exact) mass is 407 g/mol. The highest BCUT2D eigenvalue weighted by molar-refractivity contribution is 7.89. The number of methoxy groups -OCH3 is 1. The van der Waals surface area contributed by atoms with Crippen LogP contribution in [0, 0.1) is 12.7 Å². The second-order valence-electron chi connectivity index (χ2n) is 6.81. The third-order valence-electron chi connectivity index (χ3n) is 4.94. The Balaban J connectivity index is 1.50. The molecule has 28 heavy (non-hydrogen) atoms. The van der Waals surface area contributed by atoms with Crippen LogP contribution in [0.5, 0.6) is 5.75 Å². The molecule has 0 spiro atoms. The van der Waals surface area contributed by atoms with Gasteiger partial charge >= 0.3 is 0 Å². The van der Waals surface area contributed by atoms with Crippen molar-refractivity contribution in [1.82, 2.24) is 9.62 Å². The van der Waals surface area contributed by atoms with E-state index in [1.165, 1.54) is 18.2 Å². The smallest absolute Gasteiger partial charge is 0.240 e. The number of hydrogen-bond acceptors (Lipinski definition) is 5. The highest BCUT2D eigenvalue weighted by Crippen LogP contribution is 2.28. The quantitative estimate of drug-likeness (QED) is 0.763. The maximum Gasteiger partial charge on any atom is 0.240 e. The van der Waals surface area contributed by atoms with Gasteiger partial charge < -0.3 is 9.64 Å². The zero-order valence-electron chi connectivity index (χ0n) is 16.2. The topological polar surface area (TPSA) is 61.9 Å². The lowest BCUT2D eigenvalue weighted by atomic mass is 10.2. The van der Waals surface area contributed by atoms with Gasteiger partial charge in [-0.25, -0.2) is 17.5 Å². The number of ether oxygens (including phenoxy) is 1. The number of benzene rings is 2. The lowest BCUT2D eigenvalue weighted by Crippen LogP contribution is -2.48. The Morgan fingerprint density at radius 3 is 2.50 bits per heavy atom. The first-order valence-corrected chi connectivity index (χ1v) is 10.7. The van der Waals surface area contributed by atoms with Crippen molar-refractivity contribution in [3.63, 3.8) is 0 Å². The largest absolute Gasteiger partial charge is 0.495 e. The molecule has 6 nitrogen and oxygen atoms in total. The molecule has 1 N–H and O–H groups in total. The van der Waals surface area contributed by atoms with Crippen molar-refractivity contribution in [2.24, 2.45) is 0 Å². The van der Waals surface area contributed by atoms with Crippen LogP contribution in [0.4, 0.5) is 10.1 Å². The predicted molar refractivity (Wildman–Crippen MR) is 108 cm³/mol. The Bertz CT molecular complexity index is 913. The van der Waals surface area contributed by atoms with Gasteiger partial charge in [0.2, 0.25) is 10.0 Å². The number of aryl methyl sites for hydroxylation is 1. The molecule has 1 heterocycles. The van der Waals surface area contributed by atoms with E-state index in [1.807, 2.05) is 24.3 Å². The SMILES string of the molecule is COc1ccccc1N1CCN(CCNS(=O)(=O)c2ccc(F)cc2C)CC1. The summed E-state index contributed by atoms with van der Waals surface area (Å²) < 4.78 is 46.1. The van der Waals surface area contributed by atoms with Gasteiger partial charge in [-0.2, -0.15) is 0 Å². The van der Waals surface area contributed by atoms with Gasteiger partial charge in [-0.3, -0.25) is 4.90 Å². The molecule has 2 aromatic carbocycles. The molecule has 0 unspecified atom stereocenters. The number of nitrogens with one attached hydrogen (secondary N) is 1. The third kappa shape index (κ3) is 4.81. The summed E-state index contributed by atoms with van der Waals surface area (Å²) in [5.74, 6) is 0.419. The predicted octanol–water partition coefficient (Wildman–Crippen LogP) is 2.24. The van der Waals surface area contributed by atoms with E-state index >= 15 is 0 Å². The summed E-state index contributed by atoms with van der Waals surface area (Å²) in [6.07, 6.45) is 0. The standard InChI is InChI=1S/C20H26FN3O3S/c1-16-15-17(21)7-8-20(16)28(25,26)22-9-10-23-11-13-24(14-12-23)18-5-3-4-6-19(18)27-2/h3-8,15,22H,9-14H2,1-2H3. The Kier molecular flexibility index (Phi) is 6.53. The van der Waals surface area contributed by atoms with Crippen molar-refractivity contribution in [3.8, 4) is 5.75 Å². The van der Waals surface area contributed by atoms with Crippen LogP contribution in [-0.2, 0) is 10.0 Å². The fourth-order valence-electron chi connectivity index (χ4n) is 3.43. The summed E-state index contributed by atoms with van der Waals surface area (Å²) in [7, 11) is -1.97. The molecule has 8 heteroatoms. The average Bonchev–Trinajstić information content (AvgIpc) is 2.68. The second kappa shape index (κ2) is 8.89. The lowest BCUT2D eigenvalue weighted by molar-refractivity contribution is 0.261. The molecule has 0 amide bonds. The Hall–Kier alpha value is -2.16. The summed E-state index contributed by atoms with van der Waals surface area (Å²) in [6.45, 7) is 5.92. The lowest BCUT2D eigenvalue weighted by Gasteiger charge is -2.36. The minimum Gasteiger partial charge on any atom is -0.495 e. The normalized spacial score (nSPS) is 15.6. The van der Waals surface area contributed by atoms with E-state index in [1.54, 1.807) is 14.0 Å². The van der Waals surface area contributed by atoms with Crippen LogP contribution in [0.25, 0.3) is 0 Å². The maximum atomic E-state index is 13.2. The van der Waals surface area contributed by atoms with Crippen molar-refractivity contribution in [2.45, 2.75) is 11.8 Å². The van der Waals surface area contributed by atoms with Crippen molar-refractivity contribution in [3.05, 3.63) is 53.8 Å². The highest BCUT2D eigenvalue weighted by Gasteiger charge is 2.21. The minimum atomic E-state index is -3.64. The molecule has 0 radical (unpaired) electrons. The van der Waals surface area contributed by atoms with E-state index < -0.39 is 15.8 Å². The summed E-state index contributed by atoms with van der Waals surface area (Å²) in [5, 5.41) is 0. The number of piperazine rings is 1. The fourth-order valence-corrected chi connectivity index (χ4v) is 4.68. The van der Waals surface area contributed by atoms with Gasteiger partial charge in [-0.15, -0.1) is 0 Å². The van der Waals surface area contributed by atoms with E-state index in [-0.39, 0.29) is 4.90 Å². The minimum absolute atomic E-state index is 0.120. The molecule has 1 aliphatic rings. The van der Waals surface area contributed by atoms with Crippen LogP contribution in [0.1, 0.15) is 5.56 Å². The number of sulfonamides is 1. The van der Waals surface area contributed by atoms with E-state index in [2.05, 4.69) is 14.5 Å². The van der Waals surface area contributed by atoms with E-state index in [9.17, 15) is 12.8 Å². The van der Waals surface area contributed by atoms with Gasteiger partial charge in [-0.1, -0.05) is 12.1 Å². The van der Waals surface area contributed by atoms with Crippen LogP contribution >= 0.6 is 0 Å². The molecule has 2 aromatic rings. The molecule has 3 rings (SSSR count). The summed E-state index contributed by atoms with van der Waals surface area (Å²) in [4.78, 5) is 4.63. The van der Waals surface area contributed by atoms with Gasteiger partial charge in [0, 0.05) is 39.3 Å². The van der Waals surface area contributed by atoms with Gasteiger partial charge in [0.1, 0.15) is 11.6 Å². The molecule has 0 aromatic heterocycles. The Labute approximate surface area is 166 Å². The van der Waals surface area contributed by atoms with E-state index in [4.69, 9.17) is 4.74 Å². The molecule has 1 fully saturated rings. The highest BCUT2D eigenvalue weighted by atomic mass is 32.2. The first-order chi connectivity index (χ1) is 13.4. The Morgan fingerprint density at radius 2 is 1.82 bits per heavy atom. The number of nitrogens with zero attached hydrogens (tertiary/aromatic N) is 2. The molecular weight excluding hydrogens is 381 g/mol. The average molecular weight is 408 g/mol. The molecule has 1 aliphatic heterocycles. The van der Waals surface area contributed by atoms with Crippen LogP contribution < -0.4 is 14.4 Å². The molecule has 1 saturated heterocycles. The molecule has 0 aliphatic carbocycles. The first kappa shape index (κ1) is 20.6. The zero-order chi connectivity index (χ0) is 20.1. The van der Waals surface area contributed by atoms with Gasteiger partial charge in [0.25, 0.3) is 0 Å². The van der Waals surface area contributed by atoms with Crippen molar-refractivity contribution in [2.75, 3.05) is 51.3 Å². The van der Waals surface area contributed by atoms with Gasteiger partial charge in [0.15, 0.2) is 0 Å². The molecule has 152 valence electrons. The second-order valence-corrected chi connectivity index (χ2v) is 8.54. The fraction of sp³-hybridized carbons (Fsp3) is 0.400. The van der Waals surface area contributed by atoms with Crippen LogP contribution in [-0.4, -0.2) is 59.7 Å². The van der Waals surface area contributed by atoms with Crippen molar-refractivity contribution < 1.29 is 17.5 Å². The zero-order valence-corrected chi connectivity index (χ0v) is 17.0. The van der Waals surface area contributed by atoms with Crippen molar-refractivity contribution in [1.29, 1.82) is 0 Å². The Morgan fingerprint density at radius 1 is 1.11 bits per heavy atom. The third-order valence-corrected chi connectivity index (χ3v) is 6.57. The maximum absolute atomic E-state index is 13.2. The number of rotatable bonds is 7. The van der Waals surface area contributed by atoms with E-state index in [0.717, 1.165) is 37.6 Å². The first-order valence-electron chi connectivity index (χ1n) is 9.27. The van der Waals surface area contributed by atoms with Crippen molar-refractivity contribution >= 4 is 15.7 Å². The molecule has 0 saturated carbocycles. The summed E-state index contributed by atoms with van der Waals surface area (Å²) in [5.41, 5.74) is 1.48. The van der Waals surface area contributed by atoms with Crippen LogP contribution in [0.3, 0.4) is 0 Å². The van der Waals surface area contributed by atoms with Gasteiger partial charge in [-0.05, 0) is 42.8 Å². The number of halogens is 1. The summed E-state index contributed by atoms with van der Waals surface area (Å²) in [6, 6.07) is 11.6.